The molecule has 1 spiro atoms. The number of likely N-dealkylation sites (tertiary alicyclic amines) is 1. The highest BCUT2D eigenvalue weighted by atomic mass is 32.1. The zero-order chi connectivity index (χ0) is 22.7. The molecule has 2 heterocycles. The van der Waals surface area contributed by atoms with Gasteiger partial charge in [-0.15, -0.1) is 0 Å². The number of hydrogen-bond donors (Lipinski definition) is 3. The number of benzene rings is 2. The Bertz CT molecular complexity index is 1040. The second-order valence-electron chi connectivity index (χ2n) is 8.32. The van der Waals surface area contributed by atoms with E-state index in [4.69, 9.17) is 17.0 Å². The number of phenols is 1. The number of carbonyl (C=O) groups is 1. The molecule has 0 bridgehead atoms. The molecule has 0 aliphatic carbocycles. The van der Waals surface area contributed by atoms with Crippen LogP contribution in [0, 0.1) is 0 Å². The number of piperidine rings is 1. The zero-order valence-corrected chi connectivity index (χ0v) is 19.2. The third-order valence-corrected chi connectivity index (χ3v) is 6.32. The van der Waals surface area contributed by atoms with Crippen LogP contribution in [0.1, 0.15) is 44.2 Å². The maximum absolute atomic E-state index is 11.7. The SMILES string of the molecule is CCc1ccc(NC(=S)N/N=C2\CC3(CCN(C(C)=O)CC3)Oc3ccc(O)cc32)cc1. The van der Waals surface area contributed by atoms with Gasteiger partial charge < -0.3 is 20.1 Å². The normalized spacial score (nSPS) is 18.1. The van der Waals surface area contributed by atoms with Crippen LogP contribution in [0.25, 0.3) is 0 Å². The lowest BCUT2D eigenvalue weighted by molar-refractivity contribution is -0.132. The number of rotatable bonds is 3. The second-order valence-corrected chi connectivity index (χ2v) is 8.73. The Balaban J connectivity index is 1.51. The molecule has 32 heavy (non-hydrogen) atoms. The maximum atomic E-state index is 11.7. The van der Waals surface area contributed by atoms with E-state index in [1.807, 2.05) is 17.0 Å². The van der Waals surface area contributed by atoms with Crippen LogP contribution < -0.4 is 15.5 Å². The van der Waals surface area contributed by atoms with Crippen molar-refractivity contribution in [1.82, 2.24) is 10.3 Å². The van der Waals surface area contributed by atoms with Gasteiger partial charge in [0.05, 0.1) is 5.71 Å². The Labute approximate surface area is 193 Å². The number of carbonyl (C=O) groups excluding carboxylic acids is 1. The van der Waals surface area contributed by atoms with Gasteiger partial charge in [-0.2, -0.15) is 5.10 Å². The zero-order valence-electron chi connectivity index (χ0n) is 18.4. The van der Waals surface area contributed by atoms with Crippen molar-refractivity contribution in [1.29, 1.82) is 0 Å². The van der Waals surface area contributed by atoms with Gasteiger partial charge in [0.25, 0.3) is 0 Å². The van der Waals surface area contributed by atoms with Crippen LogP contribution in [0.5, 0.6) is 11.5 Å². The van der Waals surface area contributed by atoms with E-state index in [1.54, 1.807) is 25.1 Å². The van der Waals surface area contributed by atoms with E-state index in [0.717, 1.165) is 36.2 Å². The van der Waals surface area contributed by atoms with Gasteiger partial charge in [0.15, 0.2) is 5.11 Å². The van der Waals surface area contributed by atoms with Crippen LogP contribution >= 0.6 is 12.2 Å². The maximum Gasteiger partial charge on any atom is 0.219 e. The third kappa shape index (κ3) is 4.85. The molecule has 2 aliphatic heterocycles. The minimum Gasteiger partial charge on any atom is -0.508 e. The average Bonchev–Trinajstić information content (AvgIpc) is 2.79. The molecule has 0 atom stereocenters. The summed E-state index contributed by atoms with van der Waals surface area (Å²) in [5, 5.41) is 18.1. The van der Waals surface area contributed by atoms with Crippen LogP contribution in [-0.2, 0) is 11.2 Å². The minimum absolute atomic E-state index is 0.0833. The molecule has 0 saturated carbocycles. The minimum atomic E-state index is -0.429. The summed E-state index contributed by atoms with van der Waals surface area (Å²) in [4.78, 5) is 13.6. The van der Waals surface area contributed by atoms with E-state index in [2.05, 4.69) is 34.9 Å². The Morgan fingerprint density at radius 3 is 2.59 bits per heavy atom. The molecule has 1 saturated heterocycles. The van der Waals surface area contributed by atoms with Crippen molar-refractivity contribution >= 4 is 34.6 Å². The largest absolute Gasteiger partial charge is 0.508 e. The van der Waals surface area contributed by atoms with Crippen molar-refractivity contribution in [3.8, 4) is 11.5 Å². The fourth-order valence-corrected chi connectivity index (χ4v) is 4.37. The summed E-state index contributed by atoms with van der Waals surface area (Å²) in [7, 11) is 0. The number of nitrogens with one attached hydrogen (secondary N) is 2. The lowest BCUT2D eigenvalue weighted by Gasteiger charge is -2.44. The molecular weight excluding hydrogens is 424 g/mol. The lowest BCUT2D eigenvalue weighted by atomic mass is 9.82. The fourth-order valence-electron chi connectivity index (χ4n) is 4.21. The predicted molar refractivity (Wildman–Crippen MR) is 129 cm³/mol. The average molecular weight is 453 g/mol. The van der Waals surface area contributed by atoms with Crippen LogP contribution in [0.3, 0.4) is 0 Å². The van der Waals surface area contributed by atoms with Gasteiger partial charge in [0.1, 0.15) is 17.1 Å². The molecule has 168 valence electrons. The number of aromatic hydroxyl groups is 1. The molecule has 7 nitrogen and oxygen atoms in total. The van der Waals surface area contributed by atoms with Crippen molar-refractivity contribution in [3.05, 3.63) is 53.6 Å². The first kappa shape index (κ1) is 22.1. The number of nitrogens with zero attached hydrogens (tertiary/aromatic N) is 2. The van der Waals surface area contributed by atoms with Gasteiger partial charge in [-0.3, -0.25) is 10.2 Å². The van der Waals surface area contributed by atoms with E-state index in [1.165, 1.54) is 5.56 Å². The quantitative estimate of drug-likeness (QED) is 0.485. The van der Waals surface area contributed by atoms with Gasteiger partial charge >= 0.3 is 0 Å². The number of aryl methyl sites for hydroxylation is 1. The van der Waals surface area contributed by atoms with E-state index in [0.29, 0.717) is 30.4 Å². The monoisotopic (exact) mass is 452 g/mol. The fraction of sp³-hybridized carbons (Fsp3) is 0.375. The molecule has 1 amide bonds. The molecule has 2 aromatic rings. The molecule has 2 aromatic carbocycles. The number of anilines is 1. The highest BCUT2D eigenvalue weighted by Crippen LogP contribution is 2.40. The summed E-state index contributed by atoms with van der Waals surface area (Å²) < 4.78 is 6.39. The van der Waals surface area contributed by atoms with Crippen molar-refractivity contribution in [2.75, 3.05) is 18.4 Å². The van der Waals surface area contributed by atoms with Crippen LogP contribution in [-0.4, -0.2) is 45.4 Å². The van der Waals surface area contributed by atoms with Crippen LogP contribution in [0.4, 0.5) is 5.69 Å². The highest BCUT2D eigenvalue weighted by molar-refractivity contribution is 7.80. The van der Waals surface area contributed by atoms with E-state index in [-0.39, 0.29) is 11.7 Å². The number of thiocarbonyl (C=S) groups is 1. The van der Waals surface area contributed by atoms with Gasteiger partial charge in [0.2, 0.25) is 5.91 Å². The van der Waals surface area contributed by atoms with E-state index in [9.17, 15) is 9.90 Å². The number of fused-ring (bicyclic) bond motifs is 1. The Morgan fingerprint density at radius 2 is 1.94 bits per heavy atom. The first-order valence-corrected chi connectivity index (χ1v) is 11.3. The predicted octanol–water partition coefficient (Wildman–Crippen LogP) is 3.81. The number of phenolic OH excluding ortho intramolecular Hbond substituents is 1. The summed E-state index contributed by atoms with van der Waals surface area (Å²) in [5.74, 6) is 0.916. The van der Waals surface area contributed by atoms with E-state index >= 15 is 0 Å². The highest BCUT2D eigenvalue weighted by Gasteiger charge is 2.42. The number of hydrogen-bond acceptors (Lipinski definition) is 5. The summed E-state index contributed by atoms with van der Waals surface area (Å²) in [6.45, 7) is 5.01. The molecule has 0 radical (unpaired) electrons. The first-order chi connectivity index (χ1) is 15.4. The Kier molecular flexibility index (Phi) is 6.32. The summed E-state index contributed by atoms with van der Waals surface area (Å²) in [6.07, 6.45) is 2.99. The third-order valence-electron chi connectivity index (χ3n) is 6.12. The number of amides is 1. The van der Waals surface area contributed by atoms with Gasteiger partial charge in [0, 0.05) is 50.5 Å². The first-order valence-electron chi connectivity index (χ1n) is 10.9. The molecule has 0 aromatic heterocycles. The van der Waals surface area contributed by atoms with Crippen molar-refractivity contribution < 1.29 is 14.6 Å². The van der Waals surface area contributed by atoms with Crippen LogP contribution in [0.15, 0.2) is 47.6 Å². The van der Waals surface area contributed by atoms with Crippen LogP contribution in [0.2, 0.25) is 0 Å². The summed E-state index contributed by atoms with van der Waals surface area (Å²) in [5.41, 5.74) is 6.17. The lowest BCUT2D eigenvalue weighted by Crippen LogP contribution is -2.52. The standard InChI is InChI=1S/C24H28N4O3S/c1-3-17-4-6-18(7-5-17)25-23(32)27-26-21-15-24(10-12-28(13-11-24)16(2)29)31-22-9-8-19(30)14-20(21)22/h4-9,14,30H,3,10-13,15H2,1-2H3,(H2,25,27,32)/b26-21+. The smallest absolute Gasteiger partial charge is 0.219 e. The summed E-state index contributed by atoms with van der Waals surface area (Å²) >= 11 is 5.43. The Hall–Kier alpha value is -3.13. The van der Waals surface area contributed by atoms with Crippen molar-refractivity contribution in [2.24, 2.45) is 5.10 Å². The van der Waals surface area contributed by atoms with Gasteiger partial charge in [-0.1, -0.05) is 19.1 Å². The molecule has 4 rings (SSSR count). The molecule has 2 aliphatic rings. The molecule has 1 fully saturated rings. The van der Waals surface area contributed by atoms with Crippen molar-refractivity contribution in [3.63, 3.8) is 0 Å². The summed E-state index contributed by atoms with van der Waals surface area (Å²) in [6, 6.07) is 13.1. The number of hydrazone groups is 1. The topological polar surface area (TPSA) is 86.2 Å². The molecule has 3 N–H and O–H groups in total. The number of ether oxygens (including phenoxy) is 1. The molecular formula is C24H28N4O3S. The van der Waals surface area contributed by atoms with Gasteiger partial charge in [-0.05, 0) is 54.5 Å². The van der Waals surface area contributed by atoms with E-state index < -0.39 is 5.60 Å². The molecule has 8 heteroatoms. The second kappa shape index (κ2) is 9.16. The van der Waals surface area contributed by atoms with Gasteiger partial charge in [-0.25, -0.2) is 0 Å². The van der Waals surface area contributed by atoms with Crippen molar-refractivity contribution in [2.45, 2.75) is 45.1 Å². The Morgan fingerprint density at radius 1 is 1.22 bits per heavy atom. The molecule has 0 unspecified atom stereocenters.